The fourth-order valence-electron chi connectivity index (χ4n) is 3.41. The number of oxazole rings is 1. The highest BCUT2D eigenvalue weighted by Gasteiger charge is 2.32. The van der Waals surface area contributed by atoms with E-state index in [1.54, 1.807) is 18.6 Å². The highest BCUT2D eigenvalue weighted by atomic mass is 35.5. The molecule has 6 nitrogen and oxygen atoms in total. The van der Waals surface area contributed by atoms with Crippen molar-refractivity contribution in [2.24, 2.45) is 0 Å². The number of aromatic nitrogens is 3. The predicted octanol–water partition coefficient (Wildman–Crippen LogP) is 4.08. The van der Waals surface area contributed by atoms with Crippen LogP contribution in [0.5, 0.6) is 0 Å². The molecule has 1 aromatic carbocycles. The first-order valence-electron chi connectivity index (χ1n) is 8.96. The van der Waals surface area contributed by atoms with Crippen molar-refractivity contribution in [1.82, 2.24) is 19.9 Å². The third-order valence-electron chi connectivity index (χ3n) is 4.70. The molecule has 0 unspecified atom stereocenters. The van der Waals surface area contributed by atoms with E-state index in [9.17, 15) is 4.79 Å². The molecule has 27 heavy (non-hydrogen) atoms. The number of benzene rings is 1. The largest absolute Gasteiger partial charge is 0.443 e. The van der Waals surface area contributed by atoms with Crippen LogP contribution in [-0.4, -0.2) is 32.3 Å². The van der Waals surface area contributed by atoms with Crippen molar-refractivity contribution in [3.05, 3.63) is 77.0 Å². The smallest absolute Gasteiger partial charge is 0.257 e. The number of carbonyl (C=O) groups excluding carboxylic acids is 1. The van der Waals surface area contributed by atoms with E-state index in [4.69, 9.17) is 16.0 Å². The number of likely N-dealkylation sites (tertiary alicyclic amines) is 1. The standard InChI is InChI=1S/C20H19ClN4O2/c21-16-5-3-4-14(8-16)9-17-12-24-19(27-17)18-6-1-2-7-25(18)20(26)15-10-22-13-23-11-15/h3-5,8,10-13,18H,1-2,6-7,9H2/t18-/m0/s1. The lowest BCUT2D eigenvalue weighted by Gasteiger charge is -2.33. The second-order valence-electron chi connectivity index (χ2n) is 6.61. The quantitative estimate of drug-likeness (QED) is 0.679. The molecule has 1 aliphatic heterocycles. The summed E-state index contributed by atoms with van der Waals surface area (Å²) < 4.78 is 6.00. The number of rotatable bonds is 4. The Kier molecular flexibility index (Phi) is 5.16. The van der Waals surface area contributed by atoms with Crippen LogP contribution in [0.1, 0.15) is 52.9 Å². The molecule has 0 spiro atoms. The Balaban J connectivity index is 1.54. The van der Waals surface area contributed by atoms with E-state index in [-0.39, 0.29) is 11.9 Å². The van der Waals surface area contributed by atoms with Crippen molar-refractivity contribution in [3.63, 3.8) is 0 Å². The summed E-state index contributed by atoms with van der Waals surface area (Å²) in [5.74, 6) is 1.25. The van der Waals surface area contributed by atoms with E-state index >= 15 is 0 Å². The van der Waals surface area contributed by atoms with Crippen LogP contribution < -0.4 is 0 Å². The van der Waals surface area contributed by atoms with Gasteiger partial charge >= 0.3 is 0 Å². The average molecular weight is 383 g/mol. The highest BCUT2D eigenvalue weighted by molar-refractivity contribution is 6.30. The summed E-state index contributed by atoms with van der Waals surface area (Å²) in [4.78, 5) is 27.1. The van der Waals surface area contributed by atoms with Crippen molar-refractivity contribution in [2.45, 2.75) is 31.7 Å². The molecule has 3 heterocycles. The Labute approximate surface area is 162 Å². The molecule has 0 radical (unpaired) electrons. The molecule has 1 saturated heterocycles. The molecule has 2 aromatic heterocycles. The summed E-state index contributed by atoms with van der Waals surface area (Å²) >= 11 is 6.05. The Bertz CT molecular complexity index is 928. The van der Waals surface area contributed by atoms with Gasteiger partial charge in [0.15, 0.2) is 0 Å². The van der Waals surface area contributed by atoms with Crippen LogP contribution in [-0.2, 0) is 6.42 Å². The summed E-state index contributed by atoms with van der Waals surface area (Å²) in [6.45, 7) is 0.671. The van der Waals surface area contributed by atoms with Gasteiger partial charge in [-0.15, -0.1) is 0 Å². The minimum absolute atomic E-state index is 0.0881. The SMILES string of the molecule is O=C(c1cncnc1)N1CCCC[C@H]1c1ncc(Cc2cccc(Cl)c2)o1. The van der Waals surface area contributed by atoms with Crippen LogP contribution in [0, 0.1) is 0 Å². The number of carbonyl (C=O) groups is 1. The van der Waals surface area contributed by atoms with Gasteiger partial charge in [0.2, 0.25) is 5.89 Å². The van der Waals surface area contributed by atoms with Gasteiger partial charge in [0.1, 0.15) is 18.1 Å². The second kappa shape index (κ2) is 7.88. The lowest BCUT2D eigenvalue weighted by Crippen LogP contribution is -2.38. The zero-order chi connectivity index (χ0) is 18.6. The first-order valence-corrected chi connectivity index (χ1v) is 9.33. The van der Waals surface area contributed by atoms with Gasteiger partial charge in [-0.25, -0.2) is 15.0 Å². The van der Waals surface area contributed by atoms with E-state index in [1.807, 2.05) is 29.2 Å². The summed E-state index contributed by atoms with van der Waals surface area (Å²) in [5.41, 5.74) is 1.54. The first kappa shape index (κ1) is 17.7. The van der Waals surface area contributed by atoms with Gasteiger partial charge in [0.25, 0.3) is 5.91 Å². The number of hydrogen-bond acceptors (Lipinski definition) is 5. The van der Waals surface area contributed by atoms with Gasteiger partial charge in [0, 0.05) is 30.4 Å². The molecule has 0 saturated carbocycles. The molecule has 1 atom stereocenters. The van der Waals surface area contributed by atoms with Gasteiger partial charge in [-0.1, -0.05) is 23.7 Å². The maximum atomic E-state index is 12.9. The summed E-state index contributed by atoms with van der Waals surface area (Å²) in [5, 5.41) is 0.696. The van der Waals surface area contributed by atoms with Gasteiger partial charge in [-0.3, -0.25) is 4.79 Å². The average Bonchev–Trinajstić information content (AvgIpc) is 3.16. The Morgan fingerprint density at radius 2 is 2.07 bits per heavy atom. The molecule has 4 rings (SSSR count). The maximum absolute atomic E-state index is 12.9. The lowest BCUT2D eigenvalue weighted by molar-refractivity contribution is 0.0569. The number of hydrogen-bond donors (Lipinski definition) is 0. The summed E-state index contributed by atoms with van der Waals surface area (Å²) in [6.07, 6.45) is 9.68. The van der Waals surface area contributed by atoms with Crippen molar-refractivity contribution in [1.29, 1.82) is 0 Å². The van der Waals surface area contributed by atoms with E-state index < -0.39 is 0 Å². The minimum atomic E-state index is -0.167. The van der Waals surface area contributed by atoms with Crippen LogP contribution in [0.2, 0.25) is 5.02 Å². The van der Waals surface area contributed by atoms with Crippen molar-refractivity contribution in [3.8, 4) is 0 Å². The van der Waals surface area contributed by atoms with Gasteiger partial charge in [0.05, 0.1) is 11.8 Å². The van der Waals surface area contributed by atoms with Crippen molar-refractivity contribution in [2.75, 3.05) is 6.54 Å². The van der Waals surface area contributed by atoms with E-state index in [2.05, 4.69) is 15.0 Å². The van der Waals surface area contributed by atoms with Crippen LogP contribution in [0.25, 0.3) is 0 Å². The molecule has 1 aliphatic rings. The van der Waals surface area contributed by atoms with Gasteiger partial charge in [-0.2, -0.15) is 0 Å². The lowest BCUT2D eigenvalue weighted by atomic mass is 10.0. The fourth-order valence-corrected chi connectivity index (χ4v) is 3.63. The molecule has 138 valence electrons. The van der Waals surface area contributed by atoms with Crippen LogP contribution in [0.4, 0.5) is 0 Å². The monoisotopic (exact) mass is 382 g/mol. The van der Waals surface area contributed by atoms with E-state index in [0.717, 1.165) is 30.6 Å². The highest BCUT2D eigenvalue weighted by Crippen LogP contribution is 2.32. The Hall–Kier alpha value is -2.73. The molecular formula is C20H19ClN4O2. The number of halogens is 1. The van der Waals surface area contributed by atoms with Crippen molar-refractivity contribution >= 4 is 17.5 Å². The normalized spacial score (nSPS) is 17.1. The van der Waals surface area contributed by atoms with Crippen LogP contribution >= 0.6 is 11.6 Å². The number of amides is 1. The molecule has 3 aromatic rings. The van der Waals surface area contributed by atoms with Gasteiger partial charge in [-0.05, 0) is 37.0 Å². The summed E-state index contributed by atoms with van der Waals surface area (Å²) in [6, 6.07) is 7.50. The third kappa shape index (κ3) is 4.01. The molecule has 7 heteroatoms. The summed E-state index contributed by atoms with van der Waals surface area (Å²) in [7, 11) is 0. The molecular weight excluding hydrogens is 364 g/mol. The molecule has 0 N–H and O–H groups in total. The molecule has 1 fully saturated rings. The van der Waals surface area contributed by atoms with E-state index in [0.29, 0.717) is 29.4 Å². The Morgan fingerprint density at radius 3 is 2.89 bits per heavy atom. The first-order chi connectivity index (χ1) is 13.2. The molecule has 0 bridgehead atoms. The van der Waals surface area contributed by atoms with Crippen LogP contribution in [0.3, 0.4) is 0 Å². The Morgan fingerprint density at radius 1 is 1.22 bits per heavy atom. The zero-order valence-electron chi connectivity index (χ0n) is 14.7. The predicted molar refractivity (Wildman–Crippen MR) is 100 cm³/mol. The number of piperidine rings is 1. The topological polar surface area (TPSA) is 72.1 Å². The van der Waals surface area contributed by atoms with Gasteiger partial charge < -0.3 is 9.32 Å². The minimum Gasteiger partial charge on any atom is -0.443 e. The third-order valence-corrected chi connectivity index (χ3v) is 4.93. The van der Waals surface area contributed by atoms with E-state index in [1.165, 1.54) is 6.33 Å². The zero-order valence-corrected chi connectivity index (χ0v) is 15.5. The van der Waals surface area contributed by atoms with Crippen molar-refractivity contribution < 1.29 is 9.21 Å². The molecule has 1 amide bonds. The fraction of sp³-hybridized carbons (Fsp3) is 0.300. The molecule has 0 aliphatic carbocycles. The second-order valence-corrected chi connectivity index (χ2v) is 7.05. The maximum Gasteiger partial charge on any atom is 0.257 e. The number of nitrogens with zero attached hydrogens (tertiary/aromatic N) is 4. The van der Waals surface area contributed by atoms with Crippen LogP contribution in [0.15, 0.2) is 53.6 Å².